The van der Waals surface area contributed by atoms with Crippen molar-refractivity contribution in [2.45, 2.75) is 40.5 Å². The predicted molar refractivity (Wildman–Crippen MR) is 166 cm³/mol. The number of hydrogen-bond acceptors (Lipinski definition) is 6. The number of carbonyl (C=O) groups excluding carboxylic acids is 1. The molecule has 5 rings (SSSR count). The molecule has 42 heavy (non-hydrogen) atoms. The van der Waals surface area contributed by atoms with Gasteiger partial charge in [0.2, 0.25) is 0 Å². The Morgan fingerprint density at radius 2 is 1.74 bits per heavy atom. The van der Waals surface area contributed by atoms with Crippen LogP contribution in [0.4, 0.5) is 0 Å². The van der Waals surface area contributed by atoms with Crippen LogP contribution < -0.4 is 10.3 Å². The summed E-state index contributed by atoms with van der Waals surface area (Å²) >= 11 is 0. The van der Waals surface area contributed by atoms with Gasteiger partial charge in [0.05, 0.1) is 36.9 Å². The molecule has 0 aliphatic heterocycles. The molecule has 0 aliphatic rings. The minimum Gasteiger partial charge on any atom is -0.496 e. The molecule has 0 unspecified atom stereocenters. The first-order valence-electron chi connectivity index (χ1n) is 13.8. The van der Waals surface area contributed by atoms with Crippen LogP contribution in [0.15, 0.2) is 76.6 Å². The summed E-state index contributed by atoms with van der Waals surface area (Å²) in [6.07, 6.45) is 1.69. The van der Waals surface area contributed by atoms with Gasteiger partial charge in [-0.2, -0.15) is 9.78 Å². The third-order valence-corrected chi connectivity index (χ3v) is 7.50. The van der Waals surface area contributed by atoms with E-state index in [9.17, 15) is 9.59 Å². The Kier molecular flexibility index (Phi) is 7.81. The highest BCUT2D eigenvalue weighted by atomic mass is 16.5. The third-order valence-electron chi connectivity index (χ3n) is 7.50. The molecule has 0 amide bonds. The van der Waals surface area contributed by atoms with E-state index in [1.165, 1.54) is 11.8 Å². The minimum atomic E-state index is -0.397. The highest BCUT2D eigenvalue weighted by molar-refractivity contribution is 5.90. The van der Waals surface area contributed by atoms with Crippen LogP contribution >= 0.6 is 0 Å². The zero-order valence-corrected chi connectivity index (χ0v) is 24.9. The van der Waals surface area contributed by atoms with Gasteiger partial charge in [-0.25, -0.2) is 9.78 Å². The van der Waals surface area contributed by atoms with E-state index in [1.54, 1.807) is 31.5 Å². The van der Waals surface area contributed by atoms with Crippen LogP contribution in [0, 0.1) is 20.8 Å². The molecule has 0 fully saturated rings. The number of benzene rings is 3. The van der Waals surface area contributed by atoms with E-state index in [-0.39, 0.29) is 11.5 Å². The van der Waals surface area contributed by atoms with Crippen molar-refractivity contribution < 1.29 is 14.3 Å². The van der Waals surface area contributed by atoms with Crippen molar-refractivity contribution in [3.05, 3.63) is 111 Å². The first-order chi connectivity index (χ1) is 20.1. The van der Waals surface area contributed by atoms with Crippen molar-refractivity contribution in [1.29, 1.82) is 0 Å². The van der Waals surface area contributed by atoms with Gasteiger partial charge in [-0.05, 0) is 86.3 Å². The normalized spacial score (nSPS) is 11.5. The van der Waals surface area contributed by atoms with E-state index in [1.807, 2.05) is 73.9 Å². The van der Waals surface area contributed by atoms with Crippen LogP contribution in [0.5, 0.6) is 5.75 Å². The fraction of sp³-hybridized carbons (Fsp3) is 0.235. The second-order valence-corrected chi connectivity index (χ2v) is 10.6. The summed E-state index contributed by atoms with van der Waals surface area (Å²) in [4.78, 5) is 30.9. The number of hydrogen-bond donors (Lipinski definition) is 0. The molecule has 2 aromatic heterocycles. The first-order valence-corrected chi connectivity index (χ1v) is 13.8. The Hall–Kier alpha value is -4.98. The number of aryl methyl sites for hydroxylation is 2. The number of fused-ring (bicyclic) bond motifs is 1. The Balaban J connectivity index is 1.68. The number of carbonyl (C=O) groups is 1. The van der Waals surface area contributed by atoms with Crippen molar-refractivity contribution in [2.75, 3.05) is 14.2 Å². The molecule has 0 saturated carbocycles. The van der Waals surface area contributed by atoms with E-state index in [0.29, 0.717) is 22.3 Å². The number of para-hydroxylation sites is 1. The van der Waals surface area contributed by atoms with Crippen LogP contribution in [0.25, 0.3) is 28.0 Å². The van der Waals surface area contributed by atoms with Gasteiger partial charge in [0, 0.05) is 28.2 Å². The first kappa shape index (κ1) is 28.5. The predicted octanol–water partition coefficient (Wildman–Crippen LogP) is 6.58. The van der Waals surface area contributed by atoms with E-state index >= 15 is 0 Å². The monoisotopic (exact) mass is 562 g/mol. The number of ether oxygens (including phenoxy) is 2. The summed E-state index contributed by atoms with van der Waals surface area (Å²) in [5, 5.41) is 5.21. The van der Waals surface area contributed by atoms with Crippen molar-refractivity contribution in [1.82, 2.24) is 14.2 Å². The fourth-order valence-corrected chi connectivity index (χ4v) is 5.30. The highest BCUT2D eigenvalue weighted by Crippen LogP contribution is 2.34. The maximum absolute atomic E-state index is 13.8. The van der Waals surface area contributed by atoms with Gasteiger partial charge in [0.1, 0.15) is 5.75 Å². The number of nitrogens with zero attached hydrogens (tertiary/aromatic N) is 4. The maximum atomic E-state index is 13.8. The molecule has 0 atom stereocenters. The van der Waals surface area contributed by atoms with E-state index in [4.69, 9.17) is 19.6 Å². The quantitative estimate of drug-likeness (QED) is 0.165. The third kappa shape index (κ3) is 5.11. The summed E-state index contributed by atoms with van der Waals surface area (Å²) < 4.78 is 14.0. The molecule has 0 N–H and O–H groups in total. The molecule has 8 nitrogen and oxygen atoms in total. The maximum Gasteiger partial charge on any atom is 0.337 e. The largest absolute Gasteiger partial charge is 0.496 e. The summed E-state index contributed by atoms with van der Waals surface area (Å²) in [5.74, 6) is 1.06. The second kappa shape index (κ2) is 11.5. The van der Waals surface area contributed by atoms with Gasteiger partial charge in [-0.15, -0.1) is 0 Å². The van der Waals surface area contributed by atoms with Crippen molar-refractivity contribution in [2.24, 2.45) is 5.10 Å². The standard InChI is InChI=1S/C34H34N4O4/c1-20(2)28-18-29(21(3)15-31(28)41-6)32-36-30-14-9-8-13-27(30)33(39)38(32)35-19-25-16-22(4)37(23(25)5)26-12-10-11-24(17-26)34(40)42-7/h8-20H,1-7H3. The van der Waals surface area contributed by atoms with Crippen molar-refractivity contribution in [3.63, 3.8) is 0 Å². The van der Waals surface area contributed by atoms with E-state index < -0.39 is 5.97 Å². The lowest BCUT2D eigenvalue weighted by Crippen LogP contribution is -2.21. The molecule has 0 spiro atoms. The summed E-state index contributed by atoms with van der Waals surface area (Å²) in [6.45, 7) is 10.1. The fourth-order valence-electron chi connectivity index (χ4n) is 5.30. The van der Waals surface area contributed by atoms with Gasteiger partial charge < -0.3 is 14.0 Å². The molecule has 214 valence electrons. The summed E-state index contributed by atoms with van der Waals surface area (Å²) in [6, 6.07) is 20.6. The van der Waals surface area contributed by atoms with Gasteiger partial charge in [-0.1, -0.05) is 32.0 Å². The zero-order valence-electron chi connectivity index (χ0n) is 24.9. The van der Waals surface area contributed by atoms with Crippen LogP contribution in [0.2, 0.25) is 0 Å². The summed E-state index contributed by atoms with van der Waals surface area (Å²) in [5.41, 5.74) is 7.08. The SMILES string of the molecule is COC(=O)c1cccc(-n2c(C)cc(C=Nn3c(-c4cc(C(C)C)c(OC)cc4C)nc4ccccc4c3=O)c2C)c1. The molecule has 2 heterocycles. The molecule has 3 aromatic carbocycles. The lowest BCUT2D eigenvalue weighted by Gasteiger charge is -2.17. The number of rotatable bonds is 7. The zero-order chi connectivity index (χ0) is 30.1. The van der Waals surface area contributed by atoms with Gasteiger partial charge in [-0.3, -0.25) is 4.79 Å². The average molecular weight is 563 g/mol. The Morgan fingerprint density at radius 3 is 2.45 bits per heavy atom. The molecule has 0 radical (unpaired) electrons. The molecule has 0 bridgehead atoms. The molecule has 5 aromatic rings. The summed E-state index contributed by atoms with van der Waals surface area (Å²) in [7, 11) is 3.03. The van der Waals surface area contributed by atoms with Crippen LogP contribution in [-0.2, 0) is 4.74 Å². The lowest BCUT2D eigenvalue weighted by atomic mass is 9.96. The van der Waals surface area contributed by atoms with Gasteiger partial charge in [0.15, 0.2) is 5.82 Å². The second-order valence-electron chi connectivity index (χ2n) is 10.6. The Bertz CT molecular complexity index is 1910. The smallest absolute Gasteiger partial charge is 0.337 e. The minimum absolute atomic E-state index is 0.200. The van der Waals surface area contributed by atoms with Crippen LogP contribution in [0.1, 0.15) is 58.2 Å². The number of methoxy groups -OCH3 is 2. The Morgan fingerprint density at radius 1 is 0.976 bits per heavy atom. The van der Waals surface area contributed by atoms with E-state index in [2.05, 4.69) is 13.8 Å². The number of esters is 1. The lowest BCUT2D eigenvalue weighted by molar-refractivity contribution is 0.0600. The van der Waals surface area contributed by atoms with Crippen molar-refractivity contribution >= 4 is 23.1 Å². The molecule has 0 aliphatic carbocycles. The average Bonchev–Trinajstić information content (AvgIpc) is 3.28. The molecular formula is C34H34N4O4. The van der Waals surface area contributed by atoms with E-state index in [0.717, 1.165) is 45.1 Å². The topological polar surface area (TPSA) is 87.7 Å². The molecular weight excluding hydrogens is 528 g/mol. The van der Waals surface area contributed by atoms with Crippen LogP contribution in [0.3, 0.4) is 0 Å². The van der Waals surface area contributed by atoms with Gasteiger partial charge >= 0.3 is 5.97 Å². The Labute approximate surface area is 244 Å². The highest BCUT2D eigenvalue weighted by Gasteiger charge is 2.19. The molecule has 0 saturated heterocycles. The van der Waals surface area contributed by atoms with Crippen LogP contribution in [-0.4, -0.2) is 40.6 Å². The molecule has 8 heteroatoms. The van der Waals surface area contributed by atoms with Crippen molar-refractivity contribution in [3.8, 4) is 22.8 Å². The number of aromatic nitrogens is 3. The van der Waals surface area contributed by atoms with Gasteiger partial charge in [0.25, 0.3) is 5.56 Å².